The highest BCUT2D eigenvalue weighted by atomic mass is 16.5. The zero-order valence-electron chi connectivity index (χ0n) is 11.3. The van der Waals surface area contributed by atoms with Crippen LogP contribution in [0.15, 0.2) is 55.0 Å². The molecule has 0 saturated heterocycles. The molecule has 0 radical (unpaired) electrons. The van der Waals surface area contributed by atoms with E-state index in [2.05, 4.69) is 4.98 Å². The second-order valence-corrected chi connectivity index (χ2v) is 4.47. The Morgan fingerprint density at radius 3 is 2.67 bits per heavy atom. The van der Waals surface area contributed by atoms with Crippen LogP contribution in [-0.4, -0.2) is 28.5 Å². The molecule has 104 valence electrons. The molecule has 3 aromatic rings. The van der Waals surface area contributed by atoms with Crippen LogP contribution < -0.4 is 0 Å². The molecular formula is C16H12N2O3. The largest absolute Gasteiger partial charge is 0.465 e. The summed E-state index contributed by atoms with van der Waals surface area (Å²) in [5, 5.41) is 0.682. The number of fused-ring (bicyclic) bond motifs is 1. The highest BCUT2D eigenvalue weighted by Crippen LogP contribution is 2.23. The van der Waals surface area contributed by atoms with Gasteiger partial charge in [-0.2, -0.15) is 0 Å². The van der Waals surface area contributed by atoms with Crippen molar-refractivity contribution >= 4 is 22.8 Å². The van der Waals surface area contributed by atoms with Crippen LogP contribution in [0.5, 0.6) is 0 Å². The first-order valence-corrected chi connectivity index (χ1v) is 6.35. The first-order chi connectivity index (χ1) is 10.2. The van der Waals surface area contributed by atoms with Gasteiger partial charge in [-0.25, -0.2) is 4.79 Å². The lowest BCUT2D eigenvalue weighted by Gasteiger charge is -2.03. The predicted octanol–water partition coefficient (Wildman–Crippen LogP) is 2.51. The molecule has 3 rings (SSSR count). The van der Waals surface area contributed by atoms with Crippen LogP contribution >= 0.6 is 0 Å². The smallest absolute Gasteiger partial charge is 0.340 e. The fourth-order valence-electron chi connectivity index (χ4n) is 2.25. The van der Waals surface area contributed by atoms with Crippen LogP contribution in [0.1, 0.15) is 20.7 Å². The Morgan fingerprint density at radius 2 is 1.95 bits per heavy atom. The minimum absolute atomic E-state index is 0.241. The Bertz CT molecular complexity index is 822. The Kier molecular flexibility index (Phi) is 3.23. The van der Waals surface area contributed by atoms with Crippen molar-refractivity contribution < 1.29 is 14.3 Å². The maximum Gasteiger partial charge on any atom is 0.340 e. The summed E-state index contributed by atoms with van der Waals surface area (Å²) in [7, 11) is 1.32. The van der Waals surface area contributed by atoms with Gasteiger partial charge in [0, 0.05) is 24.0 Å². The molecule has 0 aliphatic rings. The van der Waals surface area contributed by atoms with Crippen molar-refractivity contribution in [2.45, 2.75) is 0 Å². The van der Waals surface area contributed by atoms with Gasteiger partial charge in [-0.1, -0.05) is 18.2 Å². The van der Waals surface area contributed by atoms with Gasteiger partial charge in [0.1, 0.15) is 0 Å². The van der Waals surface area contributed by atoms with Crippen molar-refractivity contribution in [2.24, 2.45) is 0 Å². The number of benzene rings is 1. The first-order valence-electron chi connectivity index (χ1n) is 6.35. The molecule has 0 aliphatic carbocycles. The Labute approximate surface area is 120 Å². The second kappa shape index (κ2) is 5.20. The summed E-state index contributed by atoms with van der Waals surface area (Å²) in [4.78, 5) is 28.3. The number of rotatable bonds is 2. The van der Waals surface area contributed by atoms with Crippen LogP contribution in [0.4, 0.5) is 0 Å². The number of esters is 1. The number of pyridine rings is 1. The van der Waals surface area contributed by atoms with Gasteiger partial charge in [-0.3, -0.25) is 14.3 Å². The third-order valence-electron chi connectivity index (χ3n) is 3.24. The lowest BCUT2D eigenvalue weighted by molar-refractivity contribution is 0.0603. The number of aromatic nitrogens is 2. The maximum absolute atomic E-state index is 12.6. The van der Waals surface area contributed by atoms with Crippen LogP contribution in [0.3, 0.4) is 0 Å². The average molecular weight is 280 g/mol. The Hall–Kier alpha value is -2.95. The van der Waals surface area contributed by atoms with Crippen LogP contribution in [0.25, 0.3) is 10.9 Å². The topological polar surface area (TPSA) is 61.2 Å². The molecule has 0 N–H and O–H groups in total. The van der Waals surface area contributed by atoms with Crippen LogP contribution in [0, 0.1) is 0 Å². The van der Waals surface area contributed by atoms with Crippen molar-refractivity contribution in [3.63, 3.8) is 0 Å². The predicted molar refractivity (Wildman–Crippen MR) is 77.2 cm³/mol. The van der Waals surface area contributed by atoms with Crippen molar-refractivity contribution in [3.05, 3.63) is 66.1 Å². The summed E-state index contributed by atoms with van der Waals surface area (Å²) in [6.45, 7) is 0. The van der Waals surface area contributed by atoms with Gasteiger partial charge in [-0.15, -0.1) is 0 Å². The van der Waals surface area contributed by atoms with E-state index in [4.69, 9.17) is 4.74 Å². The number of hydrogen-bond donors (Lipinski definition) is 0. The van der Waals surface area contributed by atoms with Gasteiger partial charge in [0.25, 0.3) is 5.91 Å². The molecular weight excluding hydrogens is 268 g/mol. The molecule has 5 nitrogen and oxygen atoms in total. The van der Waals surface area contributed by atoms with E-state index < -0.39 is 5.97 Å². The molecule has 0 unspecified atom stereocenters. The minimum Gasteiger partial charge on any atom is -0.465 e. The second-order valence-electron chi connectivity index (χ2n) is 4.47. The fourth-order valence-corrected chi connectivity index (χ4v) is 2.25. The normalized spacial score (nSPS) is 10.5. The lowest BCUT2D eigenvalue weighted by Crippen LogP contribution is -2.11. The van der Waals surface area contributed by atoms with E-state index in [9.17, 15) is 9.59 Å². The van der Waals surface area contributed by atoms with Gasteiger partial charge in [0.15, 0.2) is 0 Å². The SMILES string of the molecule is COC(=O)c1cn(C(=O)c2cccnc2)c2ccccc12. The molecule has 0 fully saturated rings. The highest BCUT2D eigenvalue weighted by molar-refractivity contribution is 6.09. The molecule has 0 aliphatic heterocycles. The van der Waals surface area contributed by atoms with E-state index in [-0.39, 0.29) is 5.91 Å². The number of carbonyl (C=O) groups is 2. The van der Waals surface area contributed by atoms with E-state index in [1.165, 1.54) is 24.1 Å². The monoisotopic (exact) mass is 280 g/mol. The van der Waals surface area contributed by atoms with Gasteiger partial charge in [-0.05, 0) is 18.2 Å². The average Bonchev–Trinajstić information content (AvgIpc) is 2.94. The molecule has 2 aromatic heterocycles. The molecule has 21 heavy (non-hydrogen) atoms. The third-order valence-corrected chi connectivity index (χ3v) is 3.24. The Morgan fingerprint density at radius 1 is 1.14 bits per heavy atom. The quantitative estimate of drug-likeness (QED) is 0.677. The molecule has 0 saturated carbocycles. The van der Waals surface area contributed by atoms with Gasteiger partial charge >= 0.3 is 5.97 Å². The van der Waals surface area contributed by atoms with Crippen molar-refractivity contribution in [3.8, 4) is 0 Å². The van der Waals surface area contributed by atoms with E-state index in [0.29, 0.717) is 22.0 Å². The van der Waals surface area contributed by atoms with E-state index in [0.717, 1.165) is 0 Å². The number of para-hydroxylation sites is 1. The van der Waals surface area contributed by atoms with Gasteiger partial charge in [0.05, 0.1) is 23.8 Å². The van der Waals surface area contributed by atoms with Gasteiger partial charge in [0.2, 0.25) is 0 Å². The standard InChI is InChI=1S/C16H12N2O3/c1-21-16(20)13-10-18(14-7-3-2-6-12(13)14)15(19)11-5-4-8-17-9-11/h2-10H,1H3. The number of carbonyl (C=O) groups excluding carboxylic acids is 2. The summed E-state index contributed by atoms with van der Waals surface area (Å²) in [6, 6.07) is 10.6. The molecule has 0 bridgehead atoms. The highest BCUT2D eigenvalue weighted by Gasteiger charge is 2.19. The van der Waals surface area contributed by atoms with Crippen LogP contribution in [0.2, 0.25) is 0 Å². The summed E-state index contributed by atoms with van der Waals surface area (Å²) < 4.78 is 6.21. The number of methoxy groups -OCH3 is 1. The molecule has 5 heteroatoms. The van der Waals surface area contributed by atoms with Crippen molar-refractivity contribution in [1.82, 2.24) is 9.55 Å². The van der Waals surface area contributed by atoms with Gasteiger partial charge < -0.3 is 4.74 Å². The van der Waals surface area contributed by atoms with Crippen molar-refractivity contribution in [2.75, 3.05) is 7.11 Å². The number of ether oxygens (including phenoxy) is 1. The summed E-state index contributed by atoms with van der Waals surface area (Å²) in [5.41, 5.74) is 1.48. The van der Waals surface area contributed by atoms with E-state index >= 15 is 0 Å². The zero-order valence-corrected chi connectivity index (χ0v) is 11.3. The number of nitrogens with zero attached hydrogens (tertiary/aromatic N) is 2. The first kappa shape index (κ1) is 13.1. The summed E-state index contributed by atoms with van der Waals surface area (Å²) in [6.07, 6.45) is 4.60. The zero-order chi connectivity index (χ0) is 14.8. The minimum atomic E-state index is -0.469. The third kappa shape index (κ3) is 2.18. The molecule has 0 atom stereocenters. The maximum atomic E-state index is 12.6. The van der Waals surface area contributed by atoms with E-state index in [1.807, 2.05) is 12.1 Å². The van der Waals surface area contributed by atoms with E-state index in [1.54, 1.807) is 30.5 Å². The molecule has 0 amide bonds. The summed E-state index contributed by atoms with van der Waals surface area (Å²) >= 11 is 0. The number of hydrogen-bond acceptors (Lipinski definition) is 4. The fraction of sp³-hybridized carbons (Fsp3) is 0.0625. The summed E-state index contributed by atoms with van der Waals surface area (Å²) in [5.74, 6) is -0.710. The molecule has 0 spiro atoms. The van der Waals surface area contributed by atoms with Crippen LogP contribution in [-0.2, 0) is 4.74 Å². The lowest BCUT2D eigenvalue weighted by atomic mass is 10.2. The molecule has 1 aromatic carbocycles. The Balaban J connectivity index is 2.20. The molecule has 2 heterocycles. The van der Waals surface area contributed by atoms with Crippen molar-refractivity contribution in [1.29, 1.82) is 0 Å².